The van der Waals surface area contributed by atoms with Gasteiger partial charge in [-0.1, -0.05) is 6.07 Å². The average molecular weight is 300 g/mol. The molecule has 0 fully saturated rings. The largest absolute Gasteiger partial charge is 0.353 e. The molecule has 2 N–H and O–H groups in total. The molecule has 2 aromatic heterocycles. The zero-order valence-electron chi connectivity index (χ0n) is 11.7. The van der Waals surface area contributed by atoms with Crippen LogP contribution in [-0.4, -0.2) is 29.4 Å². The highest BCUT2D eigenvalue weighted by Gasteiger charge is 2.32. The Morgan fingerprint density at radius 2 is 2.33 bits per heavy atom. The lowest BCUT2D eigenvalue weighted by atomic mass is 10.0. The summed E-state index contributed by atoms with van der Waals surface area (Å²) in [6.45, 7) is 1.94. The summed E-state index contributed by atoms with van der Waals surface area (Å²) in [5.41, 5.74) is 3.05. The number of hydrogen-bond acceptors (Lipinski definition) is 5. The van der Waals surface area contributed by atoms with Crippen LogP contribution < -0.4 is 10.6 Å². The van der Waals surface area contributed by atoms with Gasteiger partial charge in [0.25, 0.3) is 5.91 Å². The van der Waals surface area contributed by atoms with Gasteiger partial charge in [-0.2, -0.15) is 0 Å². The molecule has 4 rings (SSSR count). The molecule has 0 aliphatic carbocycles. The van der Waals surface area contributed by atoms with E-state index in [2.05, 4.69) is 27.6 Å². The summed E-state index contributed by atoms with van der Waals surface area (Å²) in [6.07, 6.45) is 4.27. The second kappa shape index (κ2) is 4.82. The molecular formula is C15H16N4OS. The van der Waals surface area contributed by atoms with Crippen molar-refractivity contribution in [2.45, 2.75) is 19.1 Å². The zero-order chi connectivity index (χ0) is 14.4. The minimum absolute atomic E-state index is 0.0275. The smallest absolute Gasteiger partial charge is 0.256 e. The second-order valence-electron chi connectivity index (χ2n) is 5.53. The summed E-state index contributed by atoms with van der Waals surface area (Å²) in [6, 6.07) is 3.85. The number of carbonyl (C=O) groups is 1. The SMILES string of the molecule is CN1CCc2c(sc3c2C(=O)N[C@H](c2cccnc2)N3)C1. The molecule has 2 aliphatic rings. The number of amides is 1. The van der Waals surface area contributed by atoms with Gasteiger partial charge in [0, 0.05) is 35.9 Å². The number of nitrogens with zero attached hydrogens (tertiary/aromatic N) is 2. The van der Waals surface area contributed by atoms with E-state index in [9.17, 15) is 4.79 Å². The van der Waals surface area contributed by atoms with Crippen molar-refractivity contribution in [2.75, 3.05) is 18.9 Å². The molecule has 5 nitrogen and oxygen atoms in total. The minimum atomic E-state index is -0.198. The molecule has 0 spiro atoms. The van der Waals surface area contributed by atoms with Gasteiger partial charge in [0.2, 0.25) is 0 Å². The number of anilines is 1. The van der Waals surface area contributed by atoms with E-state index < -0.39 is 0 Å². The number of thiophene rings is 1. The number of nitrogens with one attached hydrogen (secondary N) is 2. The van der Waals surface area contributed by atoms with Crippen LogP contribution in [0.15, 0.2) is 24.5 Å². The van der Waals surface area contributed by atoms with Gasteiger partial charge in [-0.15, -0.1) is 11.3 Å². The van der Waals surface area contributed by atoms with Crippen LogP contribution in [0, 0.1) is 0 Å². The first-order valence-electron chi connectivity index (χ1n) is 7.03. The first-order chi connectivity index (χ1) is 10.2. The summed E-state index contributed by atoms with van der Waals surface area (Å²) >= 11 is 1.71. The molecule has 1 amide bonds. The maximum Gasteiger partial charge on any atom is 0.256 e. The predicted molar refractivity (Wildman–Crippen MR) is 82.4 cm³/mol. The highest BCUT2D eigenvalue weighted by atomic mass is 32.1. The molecule has 0 saturated carbocycles. The Balaban J connectivity index is 1.71. The number of likely N-dealkylation sites (N-methyl/N-ethyl adjacent to an activating group) is 1. The van der Waals surface area contributed by atoms with Gasteiger partial charge in [-0.25, -0.2) is 0 Å². The van der Waals surface area contributed by atoms with Gasteiger partial charge in [-0.3, -0.25) is 9.78 Å². The summed E-state index contributed by atoms with van der Waals surface area (Å²) in [5.74, 6) is 0.0275. The Morgan fingerprint density at radius 1 is 1.43 bits per heavy atom. The highest BCUT2D eigenvalue weighted by Crippen LogP contribution is 2.40. The van der Waals surface area contributed by atoms with Crippen molar-refractivity contribution >= 4 is 22.2 Å². The van der Waals surface area contributed by atoms with Crippen molar-refractivity contribution in [3.8, 4) is 0 Å². The van der Waals surface area contributed by atoms with Crippen LogP contribution in [0.3, 0.4) is 0 Å². The number of hydrogen-bond donors (Lipinski definition) is 2. The Hall–Kier alpha value is -1.92. The van der Waals surface area contributed by atoms with Gasteiger partial charge in [-0.05, 0) is 25.1 Å². The Kier molecular flexibility index (Phi) is 2.94. The number of aromatic nitrogens is 1. The lowest BCUT2D eigenvalue weighted by Gasteiger charge is -2.27. The quantitative estimate of drug-likeness (QED) is 0.845. The summed E-state index contributed by atoms with van der Waals surface area (Å²) in [5, 5.41) is 7.48. The maximum absolute atomic E-state index is 12.5. The normalized spacial score (nSPS) is 21.2. The fourth-order valence-electron chi connectivity index (χ4n) is 2.96. The van der Waals surface area contributed by atoms with Gasteiger partial charge < -0.3 is 15.5 Å². The number of fused-ring (bicyclic) bond motifs is 3. The Morgan fingerprint density at radius 3 is 3.14 bits per heavy atom. The van der Waals surface area contributed by atoms with E-state index in [1.165, 1.54) is 10.4 Å². The van der Waals surface area contributed by atoms with Crippen molar-refractivity contribution in [3.63, 3.8) is 0 Å². The van der Waals surface area contributed by atoms with Crippen molar-refractivity contribution < 1.29 is 4.79 Å². The van der Waals surface area contributed by atoms with Crippen LogP contribution >= 0.6 is 11.3 Å². The molecule has 0 bridgehead atoms. The highest BCUT2D eigenvalue weighted by molar-refractivity contribution is 7.16. The van der Waals surface area contributed by atoms with Crippen LogP contribution in [0.2, 0.25) is 0 Å². The van der Waals surface area contributed by atoms with Gasteiger partial charge in [0.05, 0.1) is 5.56 Å². The Bertz CT molecular complexity index is 697. The van der Waals surface area contributed by atoms with Gasteiger partial charge in [0.15, 0.2) is 0 Å². The summed E-state index contributed by atoms with van der Waals surface area (Å²) < 4.78 is 0. The summed E-state index contributed by atoms with van der Waals surface area (Å²) in [4.78, 5) is 20.2. The van der Waals surface area contributed by atoms with E-state index in [-0.39, 0.29) is 12.1 Å². The molecule has 0 saturated heterocycles. The lowest BCUT2D eigenvalue weighted by molar-refractivity contribution is 0.0935. The van der Waals surface area contributed by atoms with E-state index in [4.69, 9.17) is 0 Å². The molecule has 2 aromatic rings. The monoisotopic (exact) mass is 300 g/mol. The van der Waals surface area contributed by atoms with Crippen LogP contribution in [0.5, 0.6) is 0 Å². The molecule has 0 aromatic carbocycles. The molecule has 2 aliphatic heterocycles. The third-order valence-electron chi connectivity index (χ3n) is 4.04. The molecule has 0 unspecified atom stereocenters. The number of rotatable bonds is 1. The maximum atomic E-state index is 12.5. The molecule has 0 radical (unpaired) electrons. The number of pyridine rings is 1. The van der Waals surface area contributed by atoms with E-state index in [1.54, 1.807) is 23.7 Å². The first kappa shape index (κ1) is 12.8. The topological polar surface area (TPSA) is 57.3 Å². The molecule has 6 heteroatoms. The van der Waals surface area contributed by atoms with Gasteiger partial charge in [0.1, 0.15) is 11.2 Å². The van der Waals surface area contributed by atoms with Gasteiger partial charge >= 0.3 is 0 Å². The molecular weight excluding hydrogens is 284 g/mol. The Labute approximate surface area is 127 Å². The van der Waals surface area contributed by atoms with Crippen LogP contribution in [0.1, 0.15) is 32.5 Å². The van der Waals surface area contributed by atoms with E-state index in [0.717, 1.165) is 35.6 Å². The first-order valence-corrected chi connectivity index (χ1v) is 7.84. The van der Waals surface area contributed by atoms with E-state index in [0.29, 0.717) is 0 Å². The summed E-state index contributed by atoms with van der Waals surface area (Å²) in [7, 11) is 2.12. The van der Waals surface area contributed by atoms with E-state index >= 15 is 0 Å². The predicted octanol–water partition coefficient (Wildman–Crippen LogP) is 1.99. The fourth-order valence-corrected chi connectivity index (χ4v) is 4.31. The van der Waals surface area contributed by atoms with Crippen molar-refractivity contribution in [1.82, 2.24) is 15.2 Å². The van der Waals surface area contributed by atoms with Crippen molar-refractivity contribution in [1.29, 1.82) is 0 Å². The van der Waals surface area contributed by atoms with E-state index in [1.807, 2.05) is 12.1 Å². The molecule has 21 heavy (non-hydrogen) atoms. The standard InChI is InChI=1S/C15H16N4OS/c1-19-6-4-10-11(8-19)21-15-12(10)14(20)17-13(18-15)9-3-2-5-16-7-9/h2-3,5,7,13,18H,4,6,8H2,1H3,(H,17,20)/t13-/m0/s1. The van der Waals surface area contributed by atoms with Crippen molar-refractivity contribution in [2.24, 2.45) is 0 Å². The zero-order valence-corrected chi connectivity index (χ0v) is 12.5. The van der Waals surface area contributed by atoms with Crippen molar-refractivity contribution in [3.05, 3.63) is 46.1 Å². The minimum Gasteiger partial charge on any atom is -0.353 e. The third-order valence-corrected chi connectivity index (χ3v) is 5.19. The average Bonchev–Trinajstić information content (AvgIpc) is 2.85. The number of carbonyl (C=O) groups excluding carboxylic acids is 1. The molecule has 108 valence electrons. The molecule has 4 heterocycles. The lowest BCUT2D eigenvalue weighted by Crippen LogP contribution is -2.38. The second-order valence-corrected chi connectivity index (χ2v) is 6.64. The van der Waals surface area contributed by atoms with Crippen LogP contribution in [0.4, 0.5) is 5.00 Å². The van der Waals surface area contributed by atoms with Crippen LogP contribution in [0.25, 0.3) is 0 Å². The van der Waals surface area contributed by atoms with Crippen LogP contribution in [-0.2, 0) is 13.0 Å². The molecule has 1 atom stereocenters. The third kappa shape index (κ3) is 2.11. The fraction of sp³-hybridized carbons (Fsp3) is 0.333.